The number of nitrogens with one attached hydrogen (secondary N) is 1. The number of aryl methyl sites for hydroxylation is 1. The van der Waals surface area contributed by atoms with E-state index in [0.29, 0.717) is 31.0 Å². The fourth-order valence-corrected chi connectivity index (χ4v) is 4.66. The minimum Gasteiger partial charge on any atom is -0.328 e. The molecule has 0 bridgehead atoms. The molecule has 2 aromatic heterocycles. The van der Waals surface area contributed by atoms with E-state index in [4.69, 9.17) is 0 Å². The summed E-state index contributed by atoms with van der Waals surface area (Å²) in [6.45, 7) is 8.65. The molecule has 0 atom stereocenters. The van der Waals surface area contributed by atoms with Gasteiger partial charge in [0.05, 0.1) is 0 Å². The van der Waals surface area contributed by atoms with Gasteiger partial charge in [-0.2, -0.15) is 0 Å². The second kappa shape index (κ2) is 12.0. The number of amides is 3. The Labute approximate surface area is 219 Å². The first-order valence-corrected chi connectivity index (χ1v) is 13.2. The van der Waals surface area contributed by atoms with Crippen molar-refractivity contribution in [2.75, 3.05) is 20.1 Å². The Kier molecular flexibility index (Phi) is 8.53. The molecule has 0 aliphatic carbocycles. The van der Waals surface area contributed by atoms with E-state index in [-0.39, 0.29) is 11.9 Å². The lowest BCUT2D eigenvalue weighted by Gasteiger charge is -2.32. The SMILES string of the molecule is CC/C=C(/C=C\C=C(/C)NC(=O)c1cc2c(cn1)CCN(C(=O)N(C)CC)C2)c1nnc2n1CCCC2. The normalized spacial score (nSPS) is 15.9. The third-order valence-electron chi connectivity index (χ3n) is 6.87. The summed E-state index contributed by atoms with van der Waals surface area (Å²) in [6, 6.07) is 1.81. The van der Waals surface area contributed by atoms with Crippen molar-refractivity contribution in [3.63, 3.8) is 0 Å². The van der Waals surface area contributed by atoms with Crippen molar-refractivity contribution < 1.29 is 9.59 Å². The fraction of sp³-hybridized carbons (Fsp3) is 0.464. The fourth-order valence-electron chi connectivity index (χ4n) is 4.66. The third kappa shape index (κ3) is 6.15. The van der Waals surface area contributed by atoms with Gasteiger partial charge in [0.15, 0.2) is 5.82 Å². The summed E-state index contributed by atoms with van der Waals surface area (Å²) in [5.74, 6) is 1.69. The van der Waals surface area contributed by atoms with Gasteiger partial charge in [0.2, 0.25) is 0 Å². The topological polar surface area (TPSA) is 96.2 Å². The summed E-state index contributed by atoms with van der Waals surface area (Å²) >= 11 is 0. The molecule has 0 saturated heterocycles. The monoisotopic (exact) mass is 503 g/mol. The van der Waals surface area contributed by atoms with Gasteiger partial charge in [0, 0.05) is 57.1 Å². The maximum absolute atomic E-state index is 12.9. The number of carbonyl (C=O) groups excluding carboxylic acids is 2. The summed E-state index contributed by atoms with van der Waals surface area (Å²) in [7, 11) is 1.80. The Balaban J connectivity index is 1.42. The molecule has 2 aliphatic rings. The number of allylic oxidation sites excluding steroid dienone is 6. The number of rotatable bonds is 7. The largest absolute Gasteiger partial charge is 0.328 e. The Bertz CT molecular complexity index is 1240. The van der Waals surface area contributed by atoms with Gasteiger partial charge in [-0.1, -0.05) is 25.2 Å². The lowest BCUT2D eigenvalue weighted by Crippen LogP contribution is -2.43. The Morgan fingerprint density at radius 1 is 1.14 bits per heavy atom. The van der Waals surface area contributed by atoms with Crippen LogP contribution in [0.3, 0.4) is 0 Å². The molecule has 9 heteroatoms. The average molecular weight is 504 g/mol. The zero-order chi connectivity index (χ0) is 26.4. The number of fused-ring (bicyclic) bond motifs is 2. The van der Waals surface area contributed by atoms with Crippen LogP contribution in [0.2, 0.25) is 0 Å². The first kappa shape index (κ1) is 26.3. The first-order valence-electron chi connectivity index (χ1n) is 13.2. The molecular weight excluding hydrogens is 466 g/mol. The maximum Gasteiger partial charge on any atom is 0.320 e. The van der Waals surface area contributed by atoms with Gasteiger partial charge in [-0.25, -0.2) is 4.79 Å². The number of carbonyl (C=O) groups is 2. The average Bonchev–Trinajstić information content (AvgIpc) is 3.35. The number of aromatic nitrogens is 4. The molecule has 0 saturated carbocycles. The molecule has 37 heavy (non-hydrogen) atoms. The molecule has 4 rings (SSSR count). The van der Waals surface area contributed by atoms with Crippen LogP contribution in [0.4, 0.5) is 4.79 Å². The highest BCUT2D eigenvalue weighted by Gasteiger charge is 2.24. The van der Waals surface area contributed by atoms with Crippen LogP contribution in [0.1, 0.15) is 73.3 Å². The van der Waals surface area contributed by atoms with E-state index in [0.717, 1.165) is 67.0 Å². The van der Waals surface area contributed by atoms with Crippen LogP contribution in [0, 0.1) is 0 Å². The van der Waals surface area contributed by atoms with Gasteiger partial charge in [-0.15, -0.1) is 10.2 Å². The first-order chi connectivity index (χ1) is 17.9. The van der Waals surface area contributed by atoms with Gasteiger partial charge in [-0.3, -0.25) is 9.78 Å². The third-order valence-corrected chi connectivity index (χ3v) is 6.87. The van der Waals surface area contributed by atoms with E-state index in [1.54, 1.807) is 24.2 Å². The zero-order valence-corrected chi connectivity index (χ0v) is 22.3. The van der Waals surface area contributed by atoms with Crippen molar-refractivity contribution in [3.8, 4) is 0 Å². The molecule has 0 spiro atoms. The summed E-state index contributed by atoms with van der Waals surface area (Å²) in [4.78, 5) is 33.4. The van der Waals surface area contributed by atoms with Crippen LogP contribution in [0.5, 0.6) is 0 Å². The van der Waals surface area contributed by atoms with Crippen LogP contribution in [-0.4, -0.2) is 61.6 Å². The van der Waals surface area contributed by atoms with Crippen LogP contribution in [0.25, 0.3) is 5.57 Å². The lowest BCUT2D eigenvalue weighted by atomic mass is 10.0. The van der Waals surface area contributed by atoms with E-state index in [1.807, 2.05) is 37.0 Å². The highest BCUT2D eigenvalue weighted by Crippen LogP contribution is 2.22. The van der Waals surface area contributed by atoms with Gasteiger partial charge >= 0.3 is 6.03 Å². The van der Waals surface area contributed by atoms with Crippen LogP contribution in [-0.2, 0) is 25.9 Å². The van der Waals surface area contributed by atoms with E-state index < -0.39 is 0 Å². The molecule has 0 radical (unpaired) electrons. The second-order valence-corrected chi connectivity index (χ2v) is 9.59. The molecule has 0 unspecified atom stereocenters. The van der Waals surface area contributed by atoms with Crippen molar-refractivity contribution in [1.82, 2.24) is 34.9 Å². The molecule has 3 amide bonds. The molecule has 9 nitrogen and oxygen atoms in total. The maximum atomic E-state index is 12.9. The van der Waals surface area contributed by atoms with Crippen LogP contribution < -0.4 is 5.32 Å². The summed E-state index contributed by atoms with van der Waals surface area (Å²) in [5.41, 5.74) is 4.14. The van der Waals surface area contributed by atoms with Gasteiger partial charge in [0.25, 0.3) is 5.91 Å². The van der Waals surface area contributed by atoms with Gasteiger partial charge in [-0.05, 0) is 62.8 Å². The van der Waals surface area contributed by atoms with Crippen LogP contribution >= 0.6 is 0 Å². The Hall–Kier alpha value is -3.75. The van der Waals surface area contributed by atoms with E-state index in [2.05, 4.69) is 38.1 Å². The number of hydrogen-bond donors (Lipinski definition) is 1. The van der Waals surface area contributed by atoms with Crippen molar-refractivity contribution in [1.29, 1.82) is 0 Å². The van der Waals surface area contributed by atoms with Gasteiger partial charge < -0.3 is 19.7 Å². The minimum absolute atomic E-state index is 0.00432. The van der Waals surface area contributed by atoms with Crippen molar-refractivity contribution in [3.05, 3.63) is 70.7 Å². The molecule has 1 N–H and O–H groups in total. The molecule has 2 aromatic rings. The molecule has 2 aliphatic heterocycles. The van der Waals surface area contributed by atoms with E-state index in [9.17, 15) is 9.59 Å². The predicted octanol–water partition coefficient (Wildman–Crippen LogP) is 4.12. The zero-order valence-electron chi connectivity index (χ0n) is 22.3. The standard InChI is InChI=1S/C28H37N7O2/c1-5-10-21(26-32-31-25-13-7-8-15-35(25)26)12-9-11-20(3)30-27(36)24-17-23-19-34(28(37)33(4)6-2)16-14-22(23)18-29-24/h9-12,17-18H,5-8,13-16,19H2,1-4H3,(H,30,36)/b12-9-,20-11+,21-10-. The molecule has 0 fully saturated rings. The van der Waals surface area contributed by atoms with Crippen molar-refractivity contribution >= 4 is 17.5 Å². The smallest absolute Gasteiger partial charge is 0.320 e. The van der Waals surface area contributed by atoms with E-state index in [1.165, 1.54) is 0 Å². The predicted molar refractivity (Wildman–Crippen MR) is 144 cm³/mol. The van der Waals surface area contributed by atoms with Crippen molar-refractivity contribution in [2.24, 2.45) is 0 Å². The number of urea groups is 1. The highest BCUT2D eigenvalue weighted by atomic mass is 16.2. The minimum atomic E-state index is -0.269. The van der Waals surface area contributed by atoms with Gasteiger partial charge in [0.1, 0.15) is 11.5 Å². The molecule has 4 heterocycles. The summed E-state index contributed by atoms with van der Waals surface area (Å²) < 4.78 is 2.21. The number of hydrogen-bond acceptors (Lipinski definition) is 5. The highest BCUT2D eigenvalue weighted by molar-refractivity contribution is 5.93. The lowest BCUT2D eigenvalue weighted by molar-refractivity contribution is 0.0961. The second-order valence-electron chi connectivity index (χ2n) is 9.59. The number of nitrogens with zero attached hydrogens (tertiary/aromatic N) is 6. The molecule has 196 valence electrons. The summed E-state index contributed by atoms with van der Waals surface area (Å²) in [5, 5.41) is 11.7. The summed E-state index contributed by atoms with van der Waals surface area (Å²) in [6.07, 6.45) is 14.6. The molecule has 0 aromatic carbocycles. The quantitative estimate of drug-likeness (QED) is 0.574. The number of pyridine rings is 1. The molecular formula is C28H37N7O2. The Morgan fingerprint density at radius 3 is 2.76 bits per heavy atom. The van der Waals surface area contributed by atoms with E-state index >= 15 is 0 Å². The van der Waals surface area contributed by atoms with Crippen LogP contribution in [0.15, 0.2) is 42.3 Å². The van der Waals surface area contributed by atoms with Crippen molar-refractivity contribution in [2.45, 2.75) is 66.0 Å². The Morgan fingerprint density at radius 2 is 1.97 bits per heavy atom.